The van der Waals surface area contributed by atoms with E-state index in [0.29, 0.717) is 17.8 Å². The van der Waals surface area contributed by atoms with Crippen LogP contribution in [0.2, 0.25) is 0 Å². The van der Waals surface area contributed by atoms with Crippen LogP contribution in [0.3, 0.4) is 0 Å². The normalized spacial score (nSPS) is 24.1. The number of anilines is 1. The number of aliphatic hydroxyl groups is 2. The van der Waals surface area contributed by atoms with E-state index in [1.54, 1.807) is 30.3 Å². The summed E-state index contributed by atoms with van der Waals surface area (Å²) in [4.78, 5) is 18.8. The molecule has 5 rings (SSSR count). The zero-order chi connectivity index (χ0) is 40.7. The lowest BCUT2D eigenvalue weighted by Gasteiger charge is -2.24. The standard InChI is InChI=1S/C40H58N7O9P/c1-2-3-4-5-6-7-8-9-10-11-12-13-14-15-16-17-23-52-26-32(53-25-31-20-18-19-30(24-41)46-31)27-54-57(50,51)56-38-39(28-42)40(38,49)36(48)35(55-39)33-21-22-34-37(43)44-29-45-47(33)34/h18-22,29,32,35-36,38,48-49H,2-17,23,25-27H2,1H3,(H,50,51)(H2,43,44,45)/t32-,35+,36+,38?,39-,40-/m1/s1. The van der Waals surface area contributed by atoms with Crippen molar-refractivity contribution in [2.45, 2.75) is 152 Å². The van der Waals surface area contributed by atoms with Gasteiger partial charge >= 0.3 is 7.82 Å². The van der Waals surface area contributed by atoms with E-state index >= 15 is 0 Å². The van der Waals surface area contributed by atoms with Gasteiger partial charge in [0.2, 0.25) is 5.60 Å². The molecule has 2 fully saturated rings. The van der Waals surface area contributed by atoms with Gasteiger partial charge in [-0.15, -0.1) is 0 Å². The maximum atomic E-state index is 13.2. The molecule has 3 aromatic rings. The Bertz CT molecular complexity index is 1850. The number of aromatic nitrogens is 4. The lowest BCUT2D eigenvalue weighted by atomic mass is 10.0. The fourth-order valence-corrected chi connectivity index (χ4v) is 8.46. The SMILES string of the molecule is CCCCCCCCCCCCCCCCCCOC[C@H](COP(=O)(O)OC1[C@@]2(C#N)O[C@@H](c3ccc4c(N)ncnn34)[C@H](O)[C@@]12O)OCc1cccc(C#N)n1. The largest absolute Gasteiger partial charge is 0.472 e. The van der Waals surface area contributed by atoms with E-state index in [1.165, 1.54) is 94.3 Å². The predicted octanol–water partition coefficient (Wildman–Crippen LogP) is 6.38. The van der Waals surface area contributed by atoms with Crippen molar-refractivity contribution in [3.05, 3.63) is 53.7 Å². The first-order valence-electron chi connectivity index (χ1n) is 20.4. The topological polar surface area (TPSA) is 241 Å². The number of pyridine rings is 1. The predicted molar refractivity (Wildman–Crippen MR) is 209 cm³/mol. The molecule has 57 heavy (non-hydrogen) atoms. The molecule has 1 aliphatic heterocycles. The van der Waals surface area contributed by atoms with E-state index in [2.05, 4.69) is 22.0 Å². The van der Waals surface area contributed by atoms with E-state index in [-0.39, 0.29) is 30.4 Å². The Labute approximate surface area is 334 Å². The van der Waals surface area contributed by atoms with Crippen molar-refractivity contribution in [3.8, 4) is 12.1 Å². The van der Waals surface area contributed by atoms with Crippen LogP contribution in [0, 0.1) is 22.7 Å². The molecule has 17 heteroatoms. The van der Waals surface area contributed by atoms with Gasteiger partial charge in [-0.3, -0.25) is 9.05 Å². The van der Waals surface area contributed by atoms with Crippen LogP contribution in [-0.2, 0) is 34.4 Å². The second kappa shape index (κ2) is 21.5. The number of nitrogens with two attached hydrogens (primary N) is 1. The highest BCUT2D eigenvalue weighted by molar-refractivity contribution is 7.47. The maximum absolute atomic E-state index is 13.2. The lowest BCUT2D eigenvalue weighted by Crippen LogP contribution is -2.35. The minimum absolute atomic E-state index is 0.0228. The van der Waals surface area contributed by atoms with Gasteiger partial charge < -0.3 is 35.1 Å². The first-order valence-corrected chi connectivity index (χ1v) is 21.9. The van der Waals surface area contributed by atoms with Crippen LogP contribution in [0.5, 0.6) is 0 Å². The molecule has 0 amide bonds. The molecular weight excluding hydrogens is 753 g/mol. The average molecular weight is 812 g/mol. The number of rotatable bonds is 28. The highest BCUT2D eigenvalue weighted by Gasteiger charge is 2.90. The van der Waals surface area contributed by atoms with Gasteiger partial charge in [0.1, 0.15) is 48.0 Å². The highest BCUT2D eigenvalue weighted by Crippen LogP contribution is 2.68. The number of hydrogen-bond donors (Lipinski definition) is 4. The van der Waals surface area contributed by atoms with E-state index < -0.39 is 50.0 Å². The van der Waals surface area contributed by atoms with E-state index in [4.69, 9.17) is 29.0 Å². The Hall–Kier alpha value is -3.54. The van der Waals surface area contributed by atoms with Gasteiger partial charge in [0, 0.05) is 6.61 Å². The number of phosphoric ester groups is 1. The average Bonchev–Trinajstić information content (AvgIpc) is 3.44. The minimum Gasteiger partial charge on any atom is -0.387 e. The Balaban J connectivity index is 1.04. The smallest absolute Gasteiger partial charge is 0.387 e. The van der Waals surface area contributed by atoms with Crippen LogP contribution in [0.1, 0.15) is 133 Å². The number of aliphatic hydroxyl groups excluding tert-OH is 1. The van der Waals surface area contributed by atoms with Crippen molar-refractivity contribution in [1.82, 2.24) is 19.6 Å². The quantitative estimate of drug-likeness (QED) is 0.0459. The van der Waals surface area contributed by atoms with E-state index in [0.717, 1.165) is 19.3 Å². The van der Waals surface area contributed by atoms with Crippen molar-refractivity contribution < 1.29 is 42.9 Å². The number of phosphoric acid groups is 1. The number of nitrogen functional groups attached to an aromatic ring is 1. The lowest BCUT2D eigenvalue weighted by molar-refractivity contribution is -0.0796. The number of nitrogens with zero attached hydrogens (tertiary/aromatic N) is 6. The van der Waals surface area contributed by atoms with Crippen LogP contribution >= 0.6 is 7.82 Å². The zero-order valence-corrected chi connectivity index (χ0v) is 33.8. The molecule has 2 aliphatic rings. The van der Waals surface area contributed by atoms with Crippen LogP contribution in [0.25, 0.3) is 5.52 Å². The molecule has 1 saturated heterocycles. The van der Waals surface area contributed by atoms with Crippen LogP contribution in [-0.4, -0.2) is 84.0 Å². The molecule has 0 spiro atoms. The molecule has 4 heterocycles. The molecular formula is C40H58N7O9P. The summed E-state index contributed by atoms with van der Waals surface area (Å²) >= 11 is 0. The summed E-state index contributed by atoms with van der Waals surface area (Å²) in [5.74, 6) is 0.169. The number of ether oxygens (including phenoxy) is 3. The molecule has 3 aromatic heterocycles. The summed E-state index contributed by atoms with van der Waals surface area (Å²) in [6.07, 6.45) is 15.9. The van der Waals surface area contributed by atoms with Crippen molar-refractivity contribution in [2.24, 2.45) is 0 Å². The van der Waals surface area contributed by atoms with Crippen molar-refractivity contribution in [3.63, 3.8) is 0 Å². The Morgan fingerprint density at radius 1 is 0.965 bits per heavy atom. The first-order chi connectivity index (χ1) is 27.6. The van der Waals surface area contributed by atoms with Gasteiger partial charge in [-0.25, -0.2) is 19.0 Å². The third kappa shape index (κ3) is 11.4. The fourth-order valence-electron chi connectivity index (χ4n) is 7.47. The summed E-state index contributed by atoms with van der Waals surface area (Å²) in [6.45, 7) is 2.24. The molecule has 16 nitrogen and oxygen atoms in total. The second-order valence-electron chi connectivity index (χ2n) is 15.0. The third-order valence-corrected chi connectivity index (χ3v) is 11.7. The third-order valence-electron chi connectivity index (χ3n) is 10.8. The van der Waals surface area contributed by atoms with Crippen LogP contribution in [0.4, 0.5) is 5.82 Å². The molecule has 7 atom stereocenters. The molecule has 1 saturated carbocycles. The molecule has 1 aliphatic carbocycles. The molecule has 312 valence electrons. The zero-order valence-electron chi connectivity index (χ0n) is 32.9. The van der Waals surface area contributed by atoms with Gasteiger partial charge in [0.25, 0.3) is 0 Å². The number of nitriles is 2. The fraction of sp³-hybridized carbons (Fsp3) is 0.675. The van der Waals surface area contributed by atoms with Crippen LogP contribution in [0.15, 0.2) is 36.7 Å². The highest BCUT2D eigenvalue weighted by atomic mass is 31.2. The molecule has 0 aromatic carbocycles. The summed E-state index contributed by atoms with van der Waals surface area (Å²) in [5.41, 5.74) is 2.75. The Morgan fingerprint density at radius 2 is 1.61 bits per heavy atom. The van der Waals surface area contributed by atoms with Crippen LogP contribution < -0.4 is 5.73 Å². The van der Waals surface area contributed by atoms with Crippen molar-refractivity contribution >= 4 is 19.2 Å². The Morgan fingerprint density at radius 3 is 2.23 bits per heavy atom. The van der Waals surface area contributed by atoms with Gasteiger partial charge in [0.15, 0.2) is 17.5 Å². The number of hydrogen-bond acceptors (Lipinski definition) is 14. The van der Waals surface area contributed by atoms with Gasteiger partial charge in [-0.2, -0.15) is 15.6 Å². The molecule has 0 bridgehead atoms. The van der Waals surface area contributed by atoms with E-state index in [9.17, 15) is 30.2 Å². The van der Waals surface area contributed by atoms with Gasteiger partial charge in [-0.1, -0.05) is 109 Å². The van der Waals surface area contributed by atoms with E-state index in [1.807, 2.05) is 12.1 Å². The first kappa shape index (κ1) is 44.6. The summed E-state index contributed by atoms with van der Waals surface area (Å²) < 4.78 is 42.8. The number of unbranched alkanes of at least 4 members (excludes halogenated alkanes) is 15. The summed E-state index contributed by atoms with van der Waals surface area (Å²) in [6, 6.07) is 11.9. The van der Waals surface area contributed by atoms with Crippen molar-refractivity contribution in [1.29, 1.82) is 10.5 Å². The summed E-state index contributed by atoms with van der Waals surface area (Å²) in [7, 11) is -4.97. The molecule has 5 N–H and O–H groups in total. The minimum atomic E-state index is -4.97. The Kier molecular flexibility index (Phi) is 16.8. The van der Waals surface area contributed by atoms with Gasteiger partial charge in [-0.05, 0) is 30.7 Å². The molecule has 2 unspecified atom stereocenters. The summed E-state index contributed by atoms with van der Waals surface area (Å²) in [5, 5.41) is 46.0. The second-order valence-corrected chi connectivity index (χ2v) is 16.4. The monoisotopic (exact) mass is 811 g/mol. The van der Waals surface area contributed by atoms with Gasteiger partial charge in [0.05, 0.1) is 31.2 Å². The molecule has 0 radical (unpaired) electrons. The van der Waals surface area contributed by atoms with Crippen molar-refractivity contribution in [2.75, 3.05) is 25.6 Å². The maximum Gasteiger partial charge on any atom is 0.472 e. The number of fused-ring (bicyclic) bond motifs is 2.